The lowest BCUT2D eigenvalue weighted by atomic mass is 10.4. The van der Waals surface area contributed by atoms with Gasteiger partial charge in [0.1, 0.15) is 5.78 Å². The minimum atomic E-state index is 0.207. The van der Waals surface area contributed by atoms with Gasteiger partial charge in [-0.25, -0.2) is 0 Å². The maximum atomic E-state index is 10.8. The monoisotopic (exact) mass is 261 g/mol. The molecule has 0 fully saturated rings. The van der Waals surface area contributed by atoms with Crippen molar-refractivity contribution in [1.29, 1.82) is 0 Å². The first kappa shape index (κ1) is 10.9. The molecular weight excluding hydrogens is 250 g/mol. The number of Topliss-reactive ketones (excluding diaryl/α,β-unsaturated/α-hetero) is 1. The van der Waals surface area contributed by atoms with Gasteiger partial charge in [0.2, 0.25) is 0 Å². The van der Waals surface area contributed by atoms with Crippen molar-refractivity contribution in [2.45, 2.75) is 13.5 Å². The highest BCUT2D eigenvalue weighted by atomic mass is 79.9. The maximum Gasteiger partial charge on any atom is 0.143 e. The number of rotatable bonds is 4. The minimum Gasteiger partial charge on any atom is -0.299 e. The number of carbonyl (C=O) groups is 1. The first-order valence-electron chi connectivity index (χ1n) is 4.00. The zero-order chi connectivity index (χ0) is 9.84. The molecule has 0 atom stereocenters. The number of carbonyl (C=O) groups excluding carboxylic acids is 1. The molecule has 0 amide bonds. The van der Waals surface area contributed by atoms with E-state index in [-0.39, 0.29) is 5.78 Å². The Morgan fingerprint density at radius 3 is 2.77 bits per heavy atom. The minimum absolute atomic E-state index is 0.207. The van der Waals surface area contributed by atoms with Gasteiger partial charge in [0, 0.05) is 11.4 Å². The van der Waals surface area contributed by atoms with Crippen molar-refractivity contribution in [3.8, 4) is 0 Å². The summed E-state index contributed by atoms with van der Waals surface area (Å²) in [7, 11) is 1.95. The van der Waals surface area contributed by atoms with Gasteiger partial charge in [0.05, 0.1) is 10.3 Å². The molecule has 1 aromatic rings. The average molecular weight is 262 g/mol. The molecule has 0 N–H and O–H groups in total. The fourth-order valence-electron chi connectivity index (χ4n) is 1.14. The second-order valence-corrected chi connectivity index (χ2v) is 5.63. The van der Waals surface area contributed by atoms with E-state index in [1.54, 1.807) is 18.3 Å². The van der Waals surface area contributed by atoms with Crippen molar-refractivity contribution in [2.24, 2.45) is 0 Å². The summed E-state index contributed by atoms with van der Waals surface area (Å²) in [6.07, 6.45) is 0. The third kappa shape index (κ3) is 4.02. The fraction of sp³-hybridized carbons (Fsp3) is 0.444. The van der Waals surface area contributed by atoms with Crippen molar-refractivity contribution in [3.63, 3.8) is 0 Å². The van der Waals surface area contributed by atoms with Gasteiger partial charge in [-0.1, -0.05) is 0 Å². The molecule has 0 aliphatic carbocycles. The maximum absolute atomic E-state index is 10.8. The van der Waals surface area contributed by atoms with Crippen LogP contribution in [-0.2, 0) is 11.3 Å². The molecule has 0 aliphatic heterocycles. The summed E-state index contributed by atoms with van der Waals surface area (Å²) in [5, 5.41) is 0. The van der Waals surface area contributed by atoms with E-state index in [9.17, 15) is 4.79 Å². The molecule has 0 unspecified atom stereocenters. The van der Waals surface area contributed by atoms with E-state index in [4.69, 9.17) is 0 Å². The van der Waals surface area contributed by atoms with Gasteiger partial charge in [-0.05, 0) is 42.0 Å². The predicted molar refractivity (Wildman–Crippen MR) is 59.0 cm³/mol. The zero-order valence-electron chi connectivity index (χ0n) is 7.71. The molecule has 1 heterocycles. The van der Waals surface area contributed by atoms with Gasteiger partial charge in [-0.15, -0.1) is 11.3 Å². The van der Waals surface area contributed by atoms with Crippen LogP contribution in [0.3, 0.4) is 0 Å². The first-order valence-corrected chi connectivity index (χ1v) is 5.61. The standard InChI is InChI=1S/C9H12BrNOS/c1-7(12)5-11(2)6-8-3-4-9(10)13-8/h3-4H,5-6H2,1-2H3. The molecule has 0 saturated carbocycles. The summed E-state index contributed by atoms with van der Waals surface area (Å²) in [4.78, 5) is 14.1. The van der Waals surface area contributed by atoms with Crippen LogP contribution < -0.4 is 0 Å². The van der Waals surface area contributed by atoms with Crippen molar-refractivity contribution in [2.75, 3.05) is 13.6 Å². The largest absolute Gasteiger partial charge is 0.299 e. The van der Waals surface area contributed by atoms with Gasteiger partial charge >= 0.3 is 0 Å². The summed E-state index contributed by atoms with van der Waals surface area (Å²) in [6, 6.07) is 4.10. The quantitative estimate of drug-likeness (QED) is 0.831. The summed E-state index contributed by atoms with van der Waals surface area (Å²) < 4.78 is 1.14. The Morgan fingerprint density at radius 1 is 1.62 bits per heavy atom. The predicted octanol–water partition coefficient (Wildman–Crippen LogP) is 2.53. The van der Waals surface area contributed by atoms with E-state index in [1.165, 1.54) is 4.88 Å². The smallest absolute Gasteiger partial charge is 0.143 e. The van der Waals surface area contributed by atoms with E-state index in [2.05, 4.69) is 22.0 Å². The molecule has 1 rings (SSSR count). The van der Waals surface area contributed by atoms with Crippen LogP contribution in [0.5, 0.6) is 0 Å². The molecule has 0 saturated heterocycles. The van der Waals surface area contributed by atoms with Gasteiger partial charge in [0.15, 0.2) is 0 Å². The third-order valence-electron chi connectivity index (χ3n) is 1.55. The molecule has 4 heteroatoms. The van der Waals surface area contributed by atoms with Crippen molar-refractivity contribution >= 4 is 33.0 Å². The number of nitrogens with zero attached hydrogens (tertiary/aromatic N) is 1. The van der Waals surface area contributed by atoms with Gasteiger partial charge < -0.3 is 0 Å². The highest BCUT2D eigenvalue weighted by Gasteiger charge is 2.04. The summed E-state index contributed by atoms with van der Waals surface area (Å²) >= 11 is 5.11. The van der Waals surface area contributed by atoms with Crippen LogP contribution in [0, 0.1) is 0 Å². The highest BCUT2D eigenvalue weighted by Crippen LogP contribution is 2.22. The van der Waals surface area contributed by atoms with Gasteiger partial charge in [-0.3, -0.25) is 9.69 Å². The number of hydrogen-bond acceptors (Lipinski definition) is 3. The van der Waals surface area contributed by atoms with Gasteiger partial charge in [0.25, 0.3) is 0 Å². The Morgan fingerprint density at radius 2 is 2.31 bits per heavy atom. The lowest BCUT2D eigenvalue weighted by Gasteiger charge is -2.12. The lowest BCUT2D eigenvalue weighted by Crippen LogP contribution is -2.23. The van der Waals surface area contributed by atoms with E-state index in [0.29, 0.717) is 6.54 Å². The first-order chi connectivity index (χ1) is 6.08. The number of hydrogen-bond donors (Lipinski definition) is 0. The molecule has 2 nitrogen and oxygen atoms in total. The normalized spacial score (nSPS) is 10.8. The summed E-state index contributed by atoms with van der Waals surface area (Å²) in [5.74, 6) is 0.207. The molecule has 72 valence electrons. The Labute approximate surface area is 90.7 Å². The molecule has 0 spiro atoms. The molecule has 0 aliphatic rings. The van der Waals surface area contributed by atoms with Gasteiger partial charge in [-0.2, -0.15) is 0 Å². The molecular formula is C9H12BrNOS. The molecule has 0 aromatic carbocycles. The Kier molecular flexibility index (Phi) is 4.09. The van der Waals surface area contributed by atoms with Crippen LogP contribution in [0.15, 0.2) is 15.9 Å². The second-order valence-electron chi connectivity index (χ2n) is 3.08. The average Bonchev–Trinajstić information content (AvgIpc) is 2.33. The van der Waals surface area contributed by atoms with Crippen LogP contribution in [0.25, 0.3) is 0 Å². The van der Waals surface area contributed by atoms with Crippen molar-refractivity contribution in [1.82, 2.24) is 4.90 Å². The number of halogens is 1. The van der Waals surface area contributed by atoms with Crippen molar-refractivity contribution in [3.05, 3.63) is 20.8 Å². The van der Waals surface area contributed by atoms with Crippen LogP contribution >= 0.6 is 27.3 Å². The van der Waals surface area contributed by atoms with Crippen molar-refractivity contribution < 1.29 is 4.79 Å². The Hall–Kier alpha value is -0.190. The number of ketones is 1. The molecule has 0 radical (unpaired) electrons. The zero-order valence-corrected chi connectivity index (χ0v) is 10.1. The molecule has 13 heavy (non-hydrogen) atoms. The lowest BCUT2D eigenvalue weighted by molar-refractivity contribution is -0.117. The summed E-state index contributed by atoms with van der Waals surface area (Å²) in [5.41, 5.74) is 0. The van der Waals surface area contributed by atoms with Crippen LogP contribution in [0.4, 0.5) is 0 Å². The van der Waals surface area contributed by atoms with Crippen LogP contribution in [0.1, 0.15) is 11.8 Å². The fourth-order valence-corrected chi connectivity index (χ4v) is 2.70. The SMILES string of the molecule is CC(=O)CN(C)Cc1ccc(Br)s1. The van der Waals surface area contributed by atoms with E-state index < -0.39 is 0 Å². The highest BCUT2D eigenvalue weighted by molar-refractivity contribution is 9.11. The third-order valence-corrected chi connectivity index (χ3v) is 3.16. The molecule has 0 bridgehead atoms. The Balaban J connectivity index is 2.44. The van der Waals surface area contributed by atoms with Crippen LogP contribution in [0.2, 0.25) is 0 Å². The van der Waals surface area contributed by atoms with Crippen LogP contribution in [-0.4, -0.2) is 24.3 Å². The van der Waals surface area contributed by atoms with E-state index >= 15 is 0 Å². The second kappa shape index (κ2) is 4.88. The van der Waals surface area contributed by atoms with E-state index in [1.807, 2.05) is 18.0 Å². The number of likely N-dealkylation sites (N-methyl/N-ethyl adjacent to an activating group) is 1. The molecule has 1 aromatic heterocycles. The topological polar surface area (TPSA) is 20.3 Å². The van der Waals surface area contributed by atoms with E-state index in [0.717, 1.165) is 10.3 Å². The number of thiophene rings is 1. The Bertz CT molecular complexity index is 298. The summed E-state index contributed by atoms with van der Waals surface area (Å²) in [6.45, 7) is 2.98.